The summed E-state index contributed by atoms with van der Waals surface area (Å²) in [5.74, 6) is -1.12. The van der Waals surface area contributed by atoms with Crippen molar-refractivity contribution >= 4 is 12.3 Å². The molecular weight excluding hydrogens is 260 g/mol. The van der Waals surface area contributed by atoms with Crippen LogP contribution in [-0.4, -0.2) is 41.3 Å². The standard InChI is InChI=1S/C15H18O5/c1-9-14-12(18)5-10(7-16)3-2-4-11(8-17)6-13(14)20-15(9)19/h3,6-7,12-14,17-18H,1-2,4-5,8H2/b10-3+,11-6+/t12-,13+,14+/m0/s1. The van der Waals surface area contributed by atoms with Gasteiger partial charge in [0.25, 0.3) is 0 Å². The Labute approximate surface area is 117 Å². The maximum absolute atomic E-state index is 11.6. The number of carbonyl (C=O) groups excluding carboxylic acids is 2. The Kier molecular flexibility index (Phi) is 4.52. The van der Waals surface area contributed by atoms with Gasteiger partial charge in [-0.1, -0.05) is 12.7 Å². The summed E-state index contributed by atoms with van der Waals surface area (Å²) in [6, 6.07) is 0. The minimum absolute atomic E-state index is 0.145. The highest BCUT2D eigenvalue weighted by Crippen LogP contribution is 2.34. The Balaban J connectivity index is 2.36. The number of esters is 1. The predicted octanol–water partition coefficient (Wildman–Crippen LogP) is 0.673. The Morgan fingerprint density at radius 3 is 2.90 bits per heavy atom. The van der Waals surface area contributed by atoms with Gasteiger partial charge in [0.1, 0.15) is 12.4 Å². The van der Waals surface area contributed by atoms with Crippen LogP contribution >= 0.6 is 0 Å². The second-order valence-electron chi connectivity index (χ2n) is 5.11. The molecule has 5 heteroatoms. The molecule has 1 saturated heterocycles. The summed E-state index contributed by atoms with van der Waals surface area (Å²) in [6.07, 6.45) is 3.95. The number of fused-ring (bicyclic) bond motifs is 1. The fraction of sp³-hybridized carbons (Fsp3) is 0.467. The van der Waals surface area contributed by atoms with E-state index < -0.39 is 24.1 Å². The van der Waals surface area contributed by atoms with E-state index in [1.54, 1.807) is 12.2 Å². The van der Waals surface area contributed by atoms with Crippen molar-refractivity contribution in [3.8, 4) is 0 Å². The first kappa shape index (κ1) is 14.7. The number of aldehydes is 1. The topological polar surface area (TPSA) is 83.8 Å². The Morgan fingerprint density at radius 1 is 1.50 bits per heavy atom. The fourth-order valence-corrected chi connectivity index (χ4v) is 2.63. The molecule has 1 fully saturated rings. The second-order valence-corrected chi connectivity index (χ2v) is 5.11. The quantitative estimate of drug-likeness (QED) is 0.336. The van der Waals surface area contributed by atoms with Crippen LogP contribution in [0.5, 0.6) is 0 Å². The zero-order valence-electron chi connectivity index (χ0n) is 11.1. The van der Waals surface area contributed by atoms with Gasteiger partial charge in [-0.05, 0) is 30.1 Å². The Bertz CT molecular complexity index is 488. The van der Waals surface area contributed by atoms with E-state index in [0.717, 1.165) is 5.57 Å². The lowest BCUT2D eigenvalue weighted by molar-refractivity contribution is -0.137. The molecule has 3 atom stereocenters. The molecule has 0 aromatic heterocycles. The third-order valence-corrected chi connectivity index (χ3v) is 3.75. The van der Waals surface area contributed by atoms with Gasteiger partial charge >= 0.3 is 5.97 Å². The van der Waals surface area contributed by atoms with E-state index in [1.165, 1.54) is 0 Å². The van der Waals surface area contributed by atoms with E-state index >= 15 is 0 Å². The summed E-state index contributed by atoms with van der Waals surface area (Å²) in [7, 11) is 0. The molecule has 1 aliphatic heterocycles. The molecule has 0 saturated carbocycles. The van der Waals surface area contributed by atoms with Crippen LogP contribution in [0.4, 0.5) is 0 Å². The van der Waals surface area contributed by atoms with Crippen molar-refractivity contribution in [2.24, 2.45) is 5.92 Å². The van der Waals surface area contributed by atoms with Gasteiger partial charge in [-0.25, -0.2) is 4.79 Å². The third-order valence-electron chi connectivity index (χ3n) is 3.75. The van der Waals surface area contributed by atoms with Crippen molar-refractivity contribution in [2.45, 2.75) is 31.5 Å². The summed E-state index contributed by atoms with van der Waals surface area (Å²) in [5.41, 5.74) is 1.42. The summed E-state index contributed by atoms with van der Waals surface area (Å²) in [4.78, 5) is 22.6. The van der Waals surface area contributed by atoms with Crippen LogP contribution in [0.2, 0.25) is 0 Å². The van der Waals surface area contributed by atoms with Gasteiger partial charge < -0.3 is 14.9 Å². The van der Waals surface area contributed by atoms with Crippen LogP contribution in [0.15, 0.2) is 35.5 Å². The van der Waals surface area contributed by atoms with E-state index in [1.807, 2.05) is 0 Å². The number of ether oxygens (including phenoxy) is 1. The molecule has 0 amide bonds. The maximum Gasteiger partial charge on any atom is 0.334 e. The van der Waals surface area contributed by atoms with Crippen molar-refractivity contribution in [1.29, 1.82) is 0 Å². The Hall–Kier alpha value is -1.72. The molecule has 0 spiro atoms. The molecule has 2 rings (SSSR count). The molecule has 1 heterocycles. The highest BCUT2D eigenvalue weighted by molar-refractivity contribution is 5.91. The molecule has 5 nitrogen and oxygen atoms in total. The van der Waals surface area contributed by atoms with Gasteiger partial charge in [0, 0.05) is 12.0 Å². The van der Waals surface area contributed by atoms with Gasteiger partial charge in [0.05, 0.1) is 18.6 Å². The lowest BCUT2D eigenvalue weighted by Crippen LogP contribution is -2.29. The van der Waals surface area contributed by atoms with E-state index in [2.05, 4.69) is 6.58 Å². The van der Waals surface area contributed by atoms with Crippen LogP contribution in [0.1, 0.15) is 19.3 Å². The van der Waals surface area contributed by atoms with Crippen molar-refractivity contribution in [2.75, 3.05) is 6.61 Å². The van der Waals surface area contributed by atoms with Crippen LogP contribution < -0.4 is 0 Å². The monoisotopic (exact) mass is 278 g/mol. The molecule has 2 aliphatic rings. The van der Waals surface area contributed by atoms with Gasteiger partial charge in [-0.15, -0.1) is 0 Å². The average molecular weight is 278 g/mol. The van der Waals surface area contributed by atoms with Gasteiger partial charge in [-0.2, -0.15) is 0 Å². The van der Waals surface area contributed by atoms with E-state index in [4.69, 9.17) is 4.74 Å². The number of aliphatic hydroxyl groups excluding tert-OH is 2. The minimum Gasteiger partial charge on any atom is -0.454 e. The van der Waals surface area contributed by atoms with E-state index in [0.29, 0.717) is 24.7 Å². The van der Waals surface area contributed by atoms with Crippen LogP contribution in [0.25, 0.3) is 0 Å². The molecule has 2 N–H and O–H groups in total. The molecule has 0 aromatic rings. The number of carbonyl (C=O) groups is 2. The van der Waals surface area contributed by atoms with Gasteiger partial charge in [-0.3, -0.25) is 4.79 Å². The summed E-state index contributed by atoms with van der Waals surface area (Å²) in [6.45, 7) is 3.52. The first-order chi connectivity index (χ1) is 9.56. The van der Waals surface area contributed by atoms with E-state index in [-0.39, 0.29) is 18.6 Å². The van der Waals surface area contributed by atoms with Crippen LogP contribution in [-0.2, 0) is 14.3 Å². The summed E-state index contributed by atoms with van der Waals surface area (Å²) in [5, 5.41) is 19.6. The smallest absolute Gasteiger partial charge is 0.334 e. The average Bonchev–Trinajstić information content (AvgIpc) is 2.71. The van der Waals surface area contributed by atoms with Crippen molar-refractivity contribution < 1.29 is 24.5 Å². The maximum atomic E-state index is 11.6. The SMILES string of the molecule is C=C1C(=O)O[C@@H]2/C=C(/CO)CC/C=C(/C=O)C[C@H](O)[C@@H]12. The first-order valence-corrected chi connectivity index (χ1v) is 6.59. The zero-order chi connectivity index (χ0) is 14.7. The molecule has 0 aromatic carbocycles. The molecule has 0 radical (unpaired) electrons. The fourth-order valence-electron chi connectivity index (χ4n) is 2.63. The van der Waals surface area contributed by atoms with E-state index in [9.17, 15) is 19.8 Å². The highest BCUT2D eigenvalue weighted by Gasteiger charge is 2.42. The second kappa shape index (κ2) is 6.15. The predicted molar refractivity (Wildman–Crippen MR) is 71.7 cm³/mol. The lowest BCUT2D eigenvalue weighted by Gasteiger charge is -2.22. The number of hydrogen-bond donors (Lipinski definition) is 2. The molecule has 20 heavy (non-hydrogen) atoms. The summed E-state index contributed by atoms with van der Waals surface area (Å²) >= 11 is 0. The number of allylic oxidation sites excluding steroid dienone is 1. The molecule has 108 valence electrons. The largest absolute Gasteiger partial charge is 0.454 e. The normalized spacial score (nSPS) is 36.2. The summed E-state index contributed by atoms with van der Waals surface area (Å²) < 4.78 is 5.19. The van der Waals surface area contributed by atoms with Crippen molar-refractivity contribution in [1.82, 2.24) is 0 Å². The van der Waals surface area contributed by atoms with Crippen LogP contribution in [0, 0.1) is 5.92 Å². The molecule has 0 bridgehead atoms. The number of rotatable bonds is 2. The first-order valence-electron chi connectivity index (χ1n) is 6.59. The Morgan fingerprint density at radius 2 is 2.25 bits per heavy atom. The van der Waals surface area contributed by atoms with Gasteiger partial charge in [0.15, 0.2) is 0 Å². The third kappa shape index (κ3) is 2.89. The molecule has 0 unspecified atom stereocenters. The lowest BCUT2D eigenvalue weighted by atomic mass is 9.85. The highest BCUT2D eigenvalue weighted by atomic mass is 16.6. The number of hydrogen-bond acceptors (Lipinski definition) is 5. The molecular formula is C15H18O5. The van der Waals surface area contributed by atoms with Gasteiger partial charge in [0.2, 0.25) is 0 Å². The van der Waals surface area contributed by atoms with Crippen molar-refractivity contribution in [3.63, 3.8) is 0 Å². The molecule has 1 aliphatic carbocycles. The van der Waals surface area contributed by atoms with Crippen molar-refractivity contribution in [3.05, 3.63) is 35.5 Å². The van der Waals surface area contributed by atoms with Crippen LogP contribution in [0.3, 0.4) is 0 Å². The number of aliphatic hydroxyl groups is 2. The minimum atomic E-state index is -0.912. The zero-order valence-corrected chi connectivity index (χ0v) is 11.1.